The summed E-state index contributed by atoms with van der Waals surface area (Å²) in [7, 11) is 0. The van der Waals surface area contributed by atoms with Crippen LogP contribution in [0, 0.1) is 20.8 Å². The number of para-hydroxylation sites is 1. The minimum atomic E-state index is -0.0505. The van der Waals surface area contributed by atoms with Gasteiger partial charge in [0.1, 0.15) is 5.75 Å². The molecule has 1 fully saturated rings. The number of rotatable bonds is 4. The first-order valence-electron chi connectivity index (χ1n) is 8.82. The van der Waals surface area contributed by atoms with Gasteiger partial charge in [-0.15, -0.1) is 0 Å². The summed E-state index contributed by atoms with van der Waals surface area (Å²) < 4.78 is 5.80. The molecule has 1 aliphatic rings. The second-order valence-electron chi connectivity index (χ2n) is 6.49. The summed E-state index contributed by atoms with van der Waals surface area (Å²) in [5, 5.41) is 0.764. The first-order valence-corrected chi connectivity index (χ1v) is 9.80. The molecule has 2 aromatic carbocycles. The maximum absolute atomic E-state index is 12.8. The summed E-state index contributed by atoms with van der Waals surface area (Å²) >= 11 is 1.63. The van der Waals surface area contributed by atoms with E-state index in [0.717, 1.165) is 45.5 Å². The first kappa shape index (κ1) is 18.5. The number of ether oxygens (including phenoxy) is 1. The number of thioether (sulfide) groups is 1. The van der Waals surface area contributed by atoms with E-state index in [4.69, 9.17) is 9.73 Å². The van der Waals surface area contributed by atoms with Crippen LogP contribution in [0.3, 0.4) is 0 Å². The van der Waals surface area contributed by atoms with Gasteiger partial charge in [-0.2, -0.15) is 0 Å². The third kappa shape index (κ3) is 4.47. The van der Waals surface area contributed by atoms with Crippen molar-refractivity contribution in [1.29, 1.82) is 0 Å². The molecule has 26 heavy (non-hydrogen) atoms. The lowest BCUT2D eigenvalue weighted by Crippen LogP contribution is -2.41. The number of aliphatic imine (C=N–C) groups is 1. The highest BCUT2D eigenvalue weighted by Crippen LogP contribution is 2.25. The van der Waals surface area contributed by atoms with Gasteiger partial charge in [0.25, 0.3) is 5.91 Å². The smallest absolute Gasteiger partial charge is 0.266 e. The van der Waals surface area contributed by atoms with Gasteiger partial charge < -0.3 is 4.74 Å². The molecular weight excluding hydrogens is 344 g/mol. The molecule has 0 unspecified atom stereocenters. The predicted octanol–water partition coefficient (Wildman–Crippen LogP) is 4.64. The van der Waals surface area contributed by atoms with Crippen LogP contribution in [0.15, 0.2) is 47.5 Å². The van der Waals surface area contributed by atoms with Crippen molar-refractivity contribution < 1.29 is 9.53 Å². The number of carbonyl (C=O) groups excluding carboxylic acids is 1. The Hall–Kier alpha value is -2.27. The van der Waals surface area contributed by atoms with Crippen LogP contribution >= 0.6 is 11.8 Å². The maximum atomic E-state index is 12.8. The number of benzene rings is 2. The van der Waals surface area contributed by atoms with Crippen molar-refractivity contribution in [3.05, 3.63) is 59.2 Å². The average Bonchev–Trinajstić information content (AvgIpc) is 2.64. The van der Waals surface area contributed by atoms with E-state index in [0.29, 0.717) is 6.54 Å². The lowest BCUT2D eigenvalue weighted by molar-refractivity contribution is -0.129. The highest BCUT2D eigenvalue weighted by Gasteiger charge is 2.24. The molecule has 1 amide bonds. The number of amidine groups is 1. The number of amides is 1. The molecule has 0 N–H and O–H groups in total. The molecule has 0 atom stereocenters. The molecule has 1 saturated heterocycles. The molecule has 0 spiro atoms. The van der Waals surface area contributed by atoms with Crippen LogP contribution in [0.4, 0.5) is 5.69 Å². The quantitative estimate of drug-likeness (QED) is 0.789. The minimum Gasteiger partial charge on any atom is -0.483 e. The Balaban J connectivity index is 1.74. The molecule has 5 heteroatoms. The lowest BCUT2D eigenvalue weighted by Gasteiger charge is -2.28. The van der Waals surface area contributed by atoms with E-state index in [1.54, 1.807) is 16.7 Å². The fourth-order valence-corrected chi connectivity index (χ4v) is 3.72. The normalized spacial score (nSPS) is 16.0. The number of hydrogen-bond donors (Lipinski definition) is 0. The van der Waals surface area contributed by atoms with Crippen molar-refractivity contribution in [1.82, 2.24) is 4.90 Å². The molecule has 0 bridgehead atoms. The fraction of sp³-hybridized carbons (Fsp3) is 0.333. The van der Waals surface area contributed by atoms with Crippen LogP contribution in [0.2, 0.25) is 0 Å². The second-order valence-corrected chi connectivity index (χ2v) is 7.55. The molecule has 2 aromatic rings. The molecule has 0 aliphatic carbocycles. The van der Waals surface area contributed by atoms with E-state index in [1.807, 2.05) is 63.2 Å². The zero-order chi connectivity index (χ0) is 18.5. The summed E-state index contributed by atoms with van der Waals surface area (Å²) in [6.07, 6.45) is 0.965. The molecule has 0 saturated carbocycles. The Kier molecular flexibility index (Phi) is 5.99. The van der Waals surface area contributed by atoms with Gasteiger partial charge in [-0.1, -0.05) is 42.1 Å². The van der Waals surface area contributed by atoms with Gasteiger partial charge in [0.15, 0.2) is 11.8 Å². The molecule has 136 valence electrons. The van der Waals surface area contributed by atoms with Gasteiger partial charge >= 0.3 is 0 Å². The summed E-state index contributed by atoms with van der Waals surface area (Å²) in [4.78, 5) is 19.3. The topological polar surface area (TPSA) is 41.9 Å². The van der Waals surface area contributed by atoms with Crippen LogP contribution in [-0.4, -0.2) is 34.9 Å². The van der Waals surface area contributed by atoms with Crippen LogP contribution in [0.25, 0.3) is 0 Å². The zero-order valence-corrected chi connectivity index (χ0v) is 16.3. The van der Waals surface area contributed by atoms with Crippen LogP contribution in [0.1, 0.15) is 23.1 Å². The van der Waals surface area contributed by atoms with E-state index >= 15 is 0 Å². The molecule has 4 nitrogen and oxygen atoms in total. The zero-order valence-electron chi connectivity index (χ0n) is 15.5. The highest BCUT2D eigenvalue weighted by atomic mass is 32.2. The Morgan fingerprint density at radius 2 is 1.96 bits per heavy atom. The van der Waals surface area contributed by atoms with E-state index in [2.05, 4.69) is 0 Å². The largest absolute Gasteiger partial charge is 0.483 e. The molecular formula is C21H24N2O2S. The van der Waals surface area contributed by atoms with Gasteiger partial charge in [-0.25, -0.2) is 4.99 Å². The Labute approximate surface area is 159 Å². The van der Waals surface area contributed by atoms with Gasteiger partial charge in [-0.05, 0) is 56.0 Å². The van der Waals surface area contributed by atoms with Gasteiger partial charge in [-0.3, -0.25) is 9.69 Å². The van der Waals surface area contributed by atoms with Gasteiger partial charge in [0.2, 0.25) is 0 Å². The average molecular weight is 369 g/mol. The Morgan fingerprint density at radius 3 is 2.77 bits per heavy atom. The van der Waals surface area contributed by atoms with Crippen molar-refractivity contribution in [2.24, 2.45) is 4.99 Å². The predicted molar refractivity (Wildman–Crippen MR) is 108 cm³/mol. The summed E-state index contributed by atoms with van der Waals surface area (Å²) in [5.74, 6) is 1.69. The van der Waals surface area contributed by atoms with Crippen molar-refractivity contribution in [2.75, 3.05) is 18.9 Å². The van der Waals surface area contributed by atoms with Crippen molar-refractivity contribution in [3.63, 3.8) is 0 Å². The highest BCUT2D eigenvalue weighted by molar-refractivity contribution is 8.13. The number of carbonyl (C=O) groups is 1. The van der Waals surface area contributed by atoms with E-state index in [-0.39, 0.29) is 12.5 Å². The fourth-order valence-electron chi connectivity index (χ4n) is 2.76. The summed E-state index contributed by atoms with van der Waals surface area (Å²) in [6, 6.07) is 14.0. The number of aryl methyl sites for hydroxylation is 3. The SMILES string of the molecule is Cc1ccc(C)c(OCC(=O)N2CCCSC2=Nc2ccccc2C)c1. The van der Waals surface area contributed by atoms with Gasteiger partial charge in [0, 0.05) is 12.3 Å². The van der Waals surface area contributed by atoms with E-state index < -0.39 is 0 Å². The van der Waals surface area contributed by atoms with Crippen LogP contribution in [-0.2, 0) is 4.79 Å². The van der Waals surface area contributed by atoms with Crippen LogP contribution in [0.5, 0.6) is 5.75 Å². The molecule has 0 radical (unpaired) electrons. The van der Waals surface area contributed by atoms with Gasteiger partial charge in [0.05, 0.1) is 5.69 Å². The van der Waals surface area contributed by atoms with Crippen molar-refractivity contribution in [2.45, 2.75) is 27.2 Å². The molecule has 1 aliphatic heterocycles. The van der Waals surface area contributed by atoms with E-state index in [1.165, 1.54) is 0 Å². The maximum Gasteiger partial charge on any atom is 0.266 e. The third-order valence-corrected chi connectivity index (χ3v) is 5.38. The number of nitrogens with zero attached hydrogens (tertiary/aromatic N) is 2. The molecule has 1 heterocycles. The van der Waals surface area contributed by atoms with E-state index in [9.17, 15) is 4.79 Å². The first-order chi connectivity index (χ1) is 12.5. The molecule has 0 aromatic heterocycles. The summed E-state index contributed by atoms with van der Waals surface area (Å²) in [6.45, 7) is 6.75. The standard InChI is InChI=1S/C21H24N2O2S/c1-15-9-10-17(3)19(13-15)25-14-20(24)23-11-6-12-26-21(23)22-18-8-5-4-7-16(18)2/h4-5,7-10,13H,6,11-12,14H2,1-3H3. The minimum absolute atomic E-state index is 0.0254. The monoisotopic (exact) mass is 368 g/mol. The van der Waals surface area contributed by atoms with Crippen molar-refractivity contribution >= 4 is 28.5 Å². The van der Waals surface area contributed by atoms with Crippen molar-refractivity contribution in [3.8, 4) is 5.75 Å². The number of hydrogen-bond acceptors (Lipinski definition) is 4. The second kappa shape index (κ2) is 8.41. The third-order valence-electron chi connectivity index (χ3n) is 4.32. The Morgan fingerprint density at radius 1 is 1.15 bits per heavy atom. The lowest BCUT2D eigenvalue weighted by atomic mass is 10.1. The molecule has 3 rings (SSSR count). The summed E-state index contributed by atoms with van der Waals surface area (Å²) in [5.41, 5.74) is 4.16. The Bertz CT molecular complexity index is 833. The van der Waals surface area contributed by atoms with Crippen LogP contribution < -0.4 is 4.74 Å².